The molecule has 0 amide bonds. The molecule has 1 fully saturated rings. The fraction of sp³-hybridized carbons (Fsp3) is 0.750. The predicted octanol–water partition coefficient (Wildman–Crippen LogP) is 2.57. The highest BCUT2D eigenvalue weighted by atomic mass is 32.2. The van der Waals surface area contributed by atoms with E-state index in [1.54, 1.807) is 6.92 Å². The van der Waals surface area contributed by atoms with Crippen LogP contribution in [0.25, 0.3) is 0 Å². The molecule has 2 rings (SSSR count). The maximum absolute atomic E-state index is 12.1. The molecule has 0 radical (unpaired) electrons. The topological polar surface area (TPSA) is 84.9 Å². The molecular formula is C16H25N3O3S. The molecule has 1 N–H and O–H groups in total. The third-order valence-corrected chi connectivity index (χ3v) is 5.25. The average molecular weight is 339 g/mol. The van der Waals surface area contributed by atoms with Crippen LogP contribution in [0.15, 0.2) is 9.95 Å². The number of ether oxygens (including phenoxy) is 1. The molecule has 0 saturated heterocycles. The number of H-pyrrole nitrogens is 1. The Bertz CT molecular complexity index is 602. The number of aryl methyl sites for hydroxylation is 1. The zero-order valence-corrected chi connectivity index (χ0v) is 15.0. The smallest absolute Gasteiger partial charge is 0.316 e. The van der Waals surface area contributed by atoms with E-state index >= 15 is 0 Å². The minimum Gasteiger partial charge on any atom is -0.461 e. The fourth-order valence-corrected chi connectivity index (χ4v) is 3.61. The normalized spacial score (nSPS) is 24.7. The van der Waals surface area contributed by atoms with Crippen molar-refractivity contribution in [2.24, 2.45) is 17.8 Å². The van der Waals surface area contributed by atoms with Gasteiger partial charge in [0.2, 0.25) is 0 Å². The molecule has 0 aromatic carbocycles. The summed E-state index contributed by atoms with van der Waals surface area (Å²) in [6.45, 7) is 8.16. The van der Waals surface area contributed by atoms with Crippen molar-refractivity contribution in [3.8, 4) is 0 Å². The van der Waals surface area contributed by atoms with Crippen LogP contribution in [0.2, 0.25) is 0 Å². The Morgan fingerprint density at radius 2 is 2.13 bits per heavy atom. The molecule has 1 aliphatic carbocycles. The lowest BCUT2D eigenvalue weighted by molar-refractivity contribution is -0.152. The van der Waals surface area contributed by atoms with Gasteiger partial charge in [-0.3, -0.25) is 14.6 Å². The Hall–Kier alpha value is -1.37. The molecule has 0 unspecified atom stereocenters. The number of nitrogens with zero attached hydrogens (tertiary/aromatic N) is 2. The lowest BCUT2D eigenvalue weighted by Gasteiger charge is -2.36. The van der Waals surface area contributed by atoms with E-state index in [9.17, 15) is 9.59 Å². The molecule has 1 aromatic rings. The number of thioether (sulfide) groups is 1. The summed E-state index contributed by atoms with van der Waals surface area (Å²) in [5.74, 6) is 1.40. The highest BCUT2D eigenvalue weighted by molar-refractivity contribution is 7.99. The van der Waals surface area contributed by atoms with Crippen molar-refractivity contribution >= 4 is 17.7 Å². The molecule has 7 heteroatoms. The predicted molar refractivity (Wildman–Crippen MR) is 89.3 cm³/mol. The fourth-order valence-electron chi connectivity index (χ4n) is 3.02. The zero-order valence-electron chi connectivity index (χ0n) is 14.2. The SMILES string of the molecule is Cc1nnc(SCC(=O)O[C@@H]2C[C@H](C)CC[C@H]2C(C)C)[nH]c1=O. The zero-order chi connectivity index (χ0) is 17.0. The van der Waals surface area contributed by atoms with E-state index < -0.39 is 0 Å². The Labute approximate surface area is 140 Å². The van der Waals surface area contributed by atoms with Gasteiger partial charge in [0.25, 0.3) is 5.56 Å². The second-order valence-electron chi connectivity index (χ2n) is 6.69. The first-order valence-electron chi connectivity index (χ1n) is 8.12. The van der Waals surface area contributed by atoms with Crippen LogP contribution in [0.3, 0.4) is 0 Å². The lowest BCUT2D eigenvalue weighted by atomic mass is 9.75. The molecule has 0 aliphatic heterocycles. The number of aromatic nitrogens is 3. The van der Waals surface area contributed by atoms with E-state index in [0.29, 0.717) is 28.6 Å². The Morgan fingerprint density at radius 3 is 2.78 bits per heavy atom. The minimum atomic E-state index is -0.281. The molecule has 0 spiro atoms. The summed E-state index contributed by atoms with van der Waals surface area (Å²) in [5.41, 5.74) is 0.0322. The van der Waals surface area contributed by atoms with Gasteiger partial charge in [0.05, 0.1) is 5.75 Å². The van der Waals surface area contributed by atoms with Crippen molar-refractivity contribution in [1.29, 1.82) is 0 Å². The van der Waals surface area contributed by atoms with Crippen molar-refractivity contribution in [3.63, 3.8) is 0 Å². The van der Waals surface area contributed by atoms with Crippen LogP contribution in [-0.4, -0.2) is 33.0 Å². The molecule has 1 heterocycles. The van der Waals surface area contributed by atoms with E-state index in [-0.39, 0.29) is 23.4 Å². The number of carbonyl (C=O) groups is 1. The summed E-state index contributed by atoms with van der Waals surface area (Å²) < 4.78 is 5.71. The van der Waals surface area contributed by atoms with E-state index in [2.05, 4.69) is 36.0 Å². The Balaban J connectivity index is 1.89. The number of carbonyl (C=O) groups excluding carboxylic acids is 1. The maximum atomic E-state index is 12.1. The number of rotatable bonds is 5. The number of hydrogen-bond acceptors (Lipinski definition) is 6. The van der Waals surface area contributed by atoms with Crippen molar-refractivity contribution in [3.05, 3.63) is 16.0 Å². The van der Waals surface area contributed by atoms with Crippen LogP contribution in [0.4, 0.5) is 0 Å². The van der Waals surface area contributed by atoms with Gasteiger partial charge in [0, 0.05) is 0 Å². The summed E-state index contributed by atoms with van der Waals surface area (Å²) >= 11 is 1.15. The molecule has 0 bridgehead atoms. The first kappa shape index (κ1) is 18.0. The first-order valence-corrected chi connectivity index (χ1v) is 9.11. The number of hydrogen-bond donors (Lipinski definition) is 1. The maximum Gasteiger partial charge on any atom is 0.316 e. The number of esters is 1. The molecule has 1 aliphatic rings. The second kappa shape index (κ2) is 7.95. The molecule has 6 nitrogen and oxygen atoms in total. The van der Waals surface area contributed by atoms with Gasteiger partial charge >= 0.3 is 5.97 Å². The summed E-state index contributed by atoms with van der Waals surface area (Å²) in [5, 5.41) is 7.96. The third kappa shape index (κ3) is 5.06. The van der Waals surface area contributed by atoms with E-state index in [4.69, 9.17) is 4.74 Å². The summed E-state index contributed by atoms with van der Waals surface area (Å²) in [6, 6.07) is 0. The second-order valence-corrected chi connectivity index (χ2v) is 7.65. The molecule has 3 atom stereocenters. The lowest BCUT2D eigenvalue weighted by Crippen LogP contribution is -2.36. The van der Waals surface area contributed by atoms with Crippen LogP contribution < -0.4 is 5.56 Å². The van der Waals surface area contributed by atoms with Gasteiger partial charge in [0.15, 0.2) is 5.16 Å². The minimum absolute atomic E-state index is 0.00463. The van der Waals surface area contributed by atoms with Crippen LogP contribution >= 0.6 is 11.8 Å². The molecule has 1 saturated carbocycles. The Kier molecular flexibility index (Phi) is 6.21. The number of aromatic amines is 1. The van der Waals surface area contributed by atoms with Gasteiger partial charge in [-0.15, -0.1) is 10.2 Å². The van der Waals surface area contributed by atoms with Gasteiger partial charge in [-0.05, 0) is 37.5 Å². The summed E-state index contributed by atoms with van der Waals surface area (Å²) in [6.07, 6.45) is 3.24. The van der Waals surface area contributed by atoms with E-state index in [0.717, 1.165) is 24.6 Å². The summed E-state index contributed by atoms with van der Waals surface area (Å²) in [7, 11) is 0. The standard InChI is InChI=1S/C16H25N3O3S/c1-9(2)12-6-5-10(3)7-13(12)22-14(20)8-23-16-17-15(21)11(4)18-19-16/h9-10,12-13H,5-8H2,1-4H3,(H,17,19,21)/t10-,12+,13-/m1/s1. The third-order valence-electron chi connectivity index (χ3n) is 4.41. The monoisotopic (exact) mass is 339 g/mol. The van der Waals surface area contributed by atoms with E-state index in [1.807, 2.05) is 0 Å². The van der Waals surface area contributed by atoms with Crippen LogP contribution in [0, 0.1) is 24.7 Å². The van der Waals surface area contributed by atoms with Gasteiger partial charge in [-0.1, -0.05) is 39.0 Å². The van der Waals surface area contributed by atoms with Crippen LogP contribution in [0.1, 0.15) is 45.7 Å². The van der Waals surface area contributed by atoms with E-state index in [1.165, 1.54) is 6.42 Å². The van der Waals surface area contributed by atoms with Gasteiger partial charge in [-0.25, -0.2) is 0 Å². The highest BCUT2D eigenvalue weighted by Crippen LogP contribution is 2.35. The van der Waals surface area contributed by atoms with Crippen molar-refractivity contribution < 1.29 is 9.53 Å². The quantitative estimate of drug-likeness (QED) is 0.655. The largest absolute Gasteiger partial charge is 0.461 e. The molecule has 1 aromatic heterocycles. The van der Waals surface area contributed by atoms with Crippen molar-refractivity contribution in [1.82, 2.24) is 15.2 Å². The van der Waals surface area contributed by atoms with Gasteiger partial charge in [-0.2, -0.15) is 0 Å². The van der Waals surface area contributed by atoms with Crippen molar-refractivity contribution in [2.45, 2.75) is 58.2 Å². The molecule has 23 heavy (non-hydrogen) atoms. The first-order chi connectivity index (χ1) is 10.9. The average Bonchev–Trinajstić information content (AvgIpc) is 2.48. The highest BCUT2D eigenvalue weighted by Gasteiger charge is 2.33. The molecular weight excluding hydrogens is 314 g/mol. The van der Waals surface area contributed by atoms with Crippen molar-refractivity contribution in [2.75, 3.05) is 5.75 Å². The summed E-state index contributed by atoms with van der Waals surface area (Å²) in [4.78, 5) is 26.2. The van der Waals surface area contributed by atoms with Crippen LogP contribution in [0.5, 0.6) is 0 Å². The van der Waals surface area contributed by atoms with Gasteiger partial charge in [0.1, 0.15) is 11.8 Å². The van der Waals surface area contributed by atoms with Gasteiger partial charge < -0.3 is 4.74 Å². The molecule has 128 valence electrons. The Morgan fingerprint density at radius 1 is 1.39 bits per heavy atom. The van der Waals surface area contributed by atoms with Crippen LogP contribution in [-0.2, 0) is 9.53 Å². The number of nitrogens with one attached hydrogen (secondary N) is 1.